The van der Waals surface area contributed by atoms with Crippen LogP contribution in [0.5, 0.6) is 5.75 Å². The molecule has 0 heterocycles. The molecule has 0 spiro atoms. The van der Waals surface area contributed by atoms with Gasteiger partial charge in [0.15, 0.2) is 0 Å². The van der Waals surface area contributed by atoms with Gasteiger partial charge in [0.1, 0.15) is 5.75 Å². The van der Waals surface area contributed by atoms with Crippen molar-refractivity contribution in [1.29, 1.82) is 0 Å². The summed E-state index contributed by atoms with van der Waals surface area (Å²) < 4.78 is 0. The molecular weight excluding hydrogens is 168 g/mol. The lowest BCUT2D eigenvalue weighted by Crippen LogP contribution is -2.15. The minimum Gasteiger partial charge on any atom is -0.507 e. The average Bonchev–Trinajstić information content (AvgIpc) is 2.10. The van der Waals surface area contributed by atoms with Crippen LogP contribution >= 0.6 is 0 Å². The van der Waals surface area contributed by atoms with E-state index in [2.05, 4.69) is 0 Å². The van der Waals surface area contributed by atoms with E-state index in [4.69, 9.17) is 16.6 Å². The van der Waals surface area contributed by atoms with Crippen molar-refractivity contribution in [1.82, 2.24) is 0 Å². The van der Waals surface area contributed by atoms with E-state index in [0.29, 0.717) is 16.8 Å². The van der Waals surface area contributed by atoms with Crippen LogP contribution in [-0.2, 0) is 0 Å². The summed E-state index contributed by atoms with van der Waals surface area (Å²) in [6, 6.07) is 2.65. The highest BCUT2D eigenvalue weighted by molar-refractivity contribution is 5.53. The van der Waals surface area contributed by atoms with E-state index in [1.165, 1.54) is 0 Å². The van der Waals surface area contributed by atoms with Gasteiger partial charge in [0.2, 0.25) is 0 Å². The number of rotatable bonds is 2. The Labute approximate surface area is 76.8 Å². The third kappa shape index (κ3) is 1.91. The van der Waals surface area contributed by atoms with Crippen molar-refractivity contribution in [2.45, 2.75) is 13.0 Å². The summed E-state index contributed by atoms with van der Waals surface area (Å²) in [6.45, 7) is 1.52. The largest absolute Gasteiger partial charge is 0.507 e. The summed E-state index contributed by atoms with van der Waals surface area (Å²) in [5.74, 6) is 0.107. The topological polar surface area (TPSA) is 92.5 Å². The first kappa shape index (κ1) is 9.83. The summed E-state index contributed by atoms with van der Waals surface area (Å²) in [4.78, 5) is 0. The van der Waals surface area contributed by atoms with Crippen molar-refractivity contribution >= 4 is 5.69 Å². The molecule has 0 aliphatic carbocycles. The van der Waals surface area contributed by atoms with E-state index in [-0.39, 0.29) is 12.4 Å². The number of anilines is 1. The number of hydrogen-bond donors (Lipinski definition) is 4. The van der Waals surface area contributed by atoms with Gasteiger partial charge < -0.3 is 21.7 Å². The maximum atomic E-state index is 9.58. The molecular formula is C9H14N2O2. The second-order valence-corrected chi connectivity index (χ2v) is 3.06. The van der Waals surface area contributed by atoms with Gasteiger partial charge in [-0.05, 0) is 24.6 Å². The van der Waals surface area contributed by atoms with E-state index < -0.39 is 6.04 Å². The zero-order valence-electron chi connectivity index (χ0n) is 7.49. The quantitative estimate of drug-likeness (QED) is 0.390. The molecule has 0 radical (unpaired) electrons. The van der Waals surface area contributed by atoms with E-state index in [1.54, 1.807) is 19.1 Å². The Morgan fingerprint density at radius 3 is 2.62 bits per heavy atom. The van der Waals surface area contributed by atoms with Crippen molar-refractivity contribution in [2.75, 3.05) is 12.3 Å². The molecule has 0 aliphatic heterocycles. The number of aryl methyl sites for hydroxylation is 1. The number of hydrogen-bond acceptors (Lipinski definition) is 4. The van der Waals surface area contributed by atoms with Crippen molar-refractivity contribution < 1.29 is 10.2 Å². The Morgan fingerprint density at radius 2 is 2.08 bits per heavy atom. The Hall–Kier alpha value is -1.26. The zero-order valence-corrected chi connectivity index (χ0v) is 7.49. The molecule has 1 aromatic rings. The SMILES string of the molecule is Cc1cc(N)cc([C@H](N)CO)c1O. The maximum absolute atomic E-state index is 9.58. The first-order valence-electron chi connectivity index (χ1n) is 4.01. The fraction of sp³-hybridized carbons (Fsp3) is 0.333. The first-order valence-corrected chi connectivity index (χ1v) is 4.01. The molecule has 0 aromatic heterocycles. The van der Waals surface area contributed by atoms with E-state index in [9.17, 15) is 5.11 Å². The molecule has 4 heteroatoms. The predicted octanol–water partition coefficient (Wildman–Crippen LogP) is 0.275. The van der Waals surface area contributed by atoms with Gasteiger partial charge in [-0.15, -0.1) is 0 Å². The summed E-state index contributed by atoms with van der Waals surface area (Å²) in [6.07, 6.45) is 0. The van der Waals surface area contributed by atoms with Crippen molar-refractivity contribution in [3.8, 4) is 5.75 Å². The third-order valence-corrected chi connectivity index (χ3v) is 1.95. The van der Waals surface area contributed by atoms with Crippen molar-refractivity contribution in [3.63, 3.8) is 0 Å². The molecule has 1 aromatic carbocycles. The van der Waals surface area contributed by atoms with Gasteiger partial charge in [0, 0.05) is 11.3 Å². The molecule has 1 rings (SSSR count). The number of phenolic OH excluding ortho intramolecular Hbond substituents is 1. The highest BCUT2D eigenvalue weighted by atomic mass is 16.3. The Morgan fingerprint density at radius 1 is 1.46 bits per heavy atom. The third-order valence-electron chi connectivity index (χ3n) is 1.95. The predicted molar refractivity (Wildman–Crippen MR) is 51.3 cm³/mol. The molecule has 0 saturated heterocycles. The number of nitrogen functional groups attached to an aromatic ring is 1. The number of benzene rings is 1. The van der Waals surface area contributed by atoms with E-state index >= 15 is 0 Å². The molecule has 1 atom stereocenters. The van der Waals surface area contributed by atoms with Crippen LogP contribution in [0.3, 0.4) is 0 Å². The lowest BCUT2D eigenvalue weighted by atomic mass is 10.0. The number of phenols is 1. The van der Waals surface area contributed by atoms with Gasteiger partial charge in [0.05, 0.1) is 12.6 Å². The molecule has 6 N–H and O–H groups in total. The molecule has 0 saturated carbocycles. The van der Waals surface area contributed by atoms with Gasteiger partial charge in [0.25, 0.3) is 0 Å². The van der Waals surface area contributed by atoms with Crippen LogP contribution in [0.25, 0.3) is 0 Å². The molecule has 4 nitrogen and oxygen atoms in total. The normalized spacial score (nSPS) is 12.8. The monoisotopic (exact) mass is 182 g/mol. The summed E-state index contributed by atoms with van der Waals surface area (Å²) in [7, 11) is 0. The van der Waals surface area contributed by atoms with Crippen molar-refractivity contribution in [3.05, 3.63) is 23.3 Å². The van der Waals surface area contributed by atoms with Crippen LogP contribution in [0, 0.1) is 6.92 Å². The van der Waals surface area contributed by atoms with Crippen molar-refractivity contribution in [2.24, 2.45) is 5.73 Å². The average molecular weight is 182 g/mol. The minimum atomic E-state index is -0.581. The van der Waals surface area contributed by atoms with E-state index in [0.717, 1.165) is 0 Å². The fourth-order valence-corrected chi connectivity index (χ4v) is 1.22. The summed E-state index contributed by atoms with van der Waals surface area (Å²) >= 11 is 0. The standard InChI is InChI=1S/C9H14N2O2/c1-5-2-6(10)3-7(9(5)13)8(11)4-12/h2-3,8,12-13H,4,10-11H2,1H3/t8-/m1/s1. The minimum absolute atomic E-state index is 0.107. The molecule has 72 valence electrons. The number of aliphatic hydroxyl groups excluding tert-OH is 1. The summed E-state index contributed by atoms with van der Waals surface area (Å²) in [5, 5.41) is 18.4. The first-order chi connectivity index (χ1) is 6.06. The second-order valence-electron chi connectivity index (χ2n) is 3.06. The Bertz CT molecular complexity index is 313. The zero-order chi connectivity index (χ0) is 10.0. The van der Waals surface area contributed by atoms with Crippen LogP contribution in [0.4, 0.5) is 5.69 Å². The second kappa shape index (κ2) is 3.64. The van der Waals surface area contributed by atoms with Gasteiger partial charge in [-0.25, -0.2) is 0 Å². The van der Waals surface area contributed by atoms with Crippen LogP contribution < -0.4 is 11.5 Å². The molecule has 0 aliphatic rings. The molecule has 0 unspecified atom stereocenters. The van der Waals surface area contributed by atoms with E-state index in [1.807, 2.05) is 0 Å². The number of nitrogens with two attached hydrogens (primary N) is 2. The van der Waals surface area contributed by atoms with Gasteiger partial charge >= 0.3 is 0 Å². The molecule has 13 heavy (non-hydrogen) atoms. The van der Waals surface area contributed by atoms with Crippen LogP contribution in [-0.4, -0.2) is 16.8 Å². The summed E-state index contributed by atoms with van der Waals surface area (Å²) in [5.41, 5.74) is 12.8. The van der Waals surface area contributed by atoms with Crippen LogP contribution in [0.2, 0.25) is 0 Å². The number of aliphatic hydroxyl groups is 1. The maximum Gasteiger partial charge on any atom is 0.123 e. The fourth-order valence-electron chi connectivity index (χ4n) is 1.22. The number of aromatic hydroxyl groups is 1. The van der Waals surface area contributed by atoms with Crippen LogP contribution in [0.15, 0.2) is 12.1 Å². The van der Waals surface area contributed by atoms with Gasteiger partial charge in [-0.3, -0.25) is 0 Å². The molecule has 0 bridgehead atoms. The molecule has 0 amide bonds. The highest BCUT2D eigenvalue weighted by Crippen LogP contribution is 2.28. The molecule has 0 fully saturated rings. The lowest BCUT2D eigenvalue weighted by molar-refractivity contribution is 0.265. The highest BCUT2D eigenvalue weighted by Gasteiger charge is 2.12. The Kier molecular flexibility index (Phi) is 2.75. The Balaban J connectivity index is 3.20. The van der Waals surface area contributed by atoms with Gasteiger partial charge in [-0.1, -0.05) is 0 Å². The lowest BCUT2D eigenvalue weighted by Gasteiger charge is -2.13. The van der Waals surface area contributed by atoms with Gasteiger partial charge in [-0.2, -0.15) is 0 Å². The smallest absolute Gasteiger partial charge is 0.123 e. The van der Waals surface area contributed by atoms with Crippen LogP contribution in [0.1, 0.15) is 17.2 Å².